The maximum atomic E-state index is 11.4. The molecule has 4 nitrogen and oxygen atoms in total. The molecule has 0 radical (unpaired) electrons. The number of rotatable bonds is 3. The first-order chi connectivity index (χ1) is 10.9. The molecular formula is C18H17NO3S. The predicted octanol–water partition coefficient (Wildman–Crippen LogP) is 5.41. The van der Waals surface area contributed by atoms with E-state index in [0.29, 0.717) is 11.3 Å². The fourth-order valence-corrected chi connectivity index (χ4v) is 4.01. The van der Waals surface area contributed by atoms with Crippen LogP contribution in [0.1, 0.15) is 16.0 Å². The molecule has 0 spiro atoms. The minimum atomic E-state index is -0.355. The summed E-state index contributed by atoms with van der Waals surface area (Å²) in [6.45, 7) is 6.25. The van der Waals surface area contributed by atoms with Gasteiger partial charge in [0, 0.05) is 9.58 Å². The summed E-state index contributed by atoms with van der Waals surface area (Å²) in [7, 11) is 1.51. The number of hydrogen-bond acceptors (Lipinski definition) is 4. The summed E-state index contributed by atoms with van der Waals surface area (Å²) < 4.78 is 6.31. The van der Waals surface area contributed by atoms with Crippen molar-refractivity contribution >= 4 is 27.1 Å². The number of nitro groups is 1. The Bertz CT molecular complexity index is 928. The van der Waals surface area contributed by atoms with E-state index >= 15 is 0 Å². The van der Waals surface area contributed by atoms with Gasteiger partial charge in [-0.3, -0.25) is 10.1 Å². The SMILES string of the molecule is COc1ccc(-c2ccc3c(C)c(C)sc3c2C)c([N+](=O)[O-])c1. The second-order valence-electron chi connectivity index (χ2n) is 5.54. The zero-order valence-electron chi connectivity index (χ0n) is 13.5. The van der Waals surface area contributed by atoms with Crippen molar-refractivity contribution in [3.8, 4) is 16.9 Å². The highest BCUT2D eigenvalue weighted by Gasteiger charge is 2.20. The number of hydrogen-bond donors (Lipinski definition) is 0. The zero-order valence-corrected chi connectivity index (χ0v) is 14.3. The second kappa shape index (κ2) is 5.66. The first-order valence-electron chi connectivity index (χ1n) is 7.26. The van der Waals surface area contributed by atoms with Gasteiger partial charge in [-0.25, -0.2) is 0 Å². The van der Waals surface area contributed by atoms with E-state index in [1.54, 1.807) is 23.5 Å². The molecule has 0 bridgehead atoms. The quantitative estimate of drug-likeness (QED) is 0.477. The molecule has 0 saturated heterocycles. The van der Waals surface area contributed by atoms with Crippen molar-refractivity contribution in [3.05, 3.63) is 56.5 Å². The van der Waals surface area contributed by atoms with E-state index in [1.807, 2.05) is 13.0 Å². The summed E-state index contributed by atoms with van der Waals surface area (Å²) in [5, 5.41) is 12.7. The lowest BCUT2D eigenvalue weighted by Crippen LogP contribution is -1.95. The Kier molecular flexibility index (Phi) is 3.82. The van der Waals surface area contributed by atoms with Crippen molar-refractivity contribution in [2.75, 3.05) is 7.11 Å². The van der Waals surface area contributed by atoms with E-state index in [9.17, 15) is 10.1 Å². The molecule has 1 heterocycles. The standard InChI is InChI=1S/C18H17NO3S/c1-10-12(3)23-18-11(2)14(7-8-15(10)18)16-6-5-13(22-4)9-17(16)19(20)21/h5-9H,1-4H3. The number of thiophene rings is 1. The molecule has 0 aliphatic heterocycles. The van der Waals surface area contributed by atoms with Gasteiger partial charge in [0.25, 0.3) is 5.69 Å². The van der Waals surface area contributed by atoms with Crippen LogP contribution in [0.2, 0.25) is 0 Å². The van der Waals surface area contributed by atoms with Crippen LogP contribution in [0.15, 0.2) is 30.3 Å². The Balaban J connectivity index is 2.29. The number of benzene rings is 2. The Hall–Kier alpha value is -2.40. The third kappa shape index (κ3) is 2.47. The van der Waals surface area contributed by atoms with E-state index in [1.165, 1.54) is 33.7 Å². The number of nitro benzene ring substituents is 1. The smallest absolute Gasteiger partial charge is 0.280 e. The average molecular weight is 327 g/mol. The van der Waals surface area contributed by atoms with Crippen LogP contribution in [0, 0.1) is 30.9 Å². The molecule has 23 heavy (non-hydrogen) atoms. The molecule has 3 aromatic rings. The highest BCUT2D eigenvalue weighted by atomic mass is 32.1. The summed E-state index contributed by atoms with van der Waals surface area (Å²) in [6, 6.07) is 9.04. The van der Waals surface area contributed by atoms with Gasteiger partial charge in [0.1, 0.15) is 5.75 Å². The molecule has 0 aliphatic rings. The summed E-state index contributed by atoms with van der Waals surface area (Å²) >= 11 is 1.74. The molecule has 1 aromatic heterocycles. The largest absolute Gasteiger partial charge is 0.497 e. The van der Waals surface area contributed by atoms with Crippen LogP contribution in [0.4, 0.5) is 5.69 Å². The average Bonchev–Trinajstić information content (AvgIpc) is 2.83. The zero-order chi connectivity index (χ0) is 16.7. The van der Waals surface area contributed by atoms with Crippen molar-refractivity contribution in [1.82, 2.24) is 0 Å². The number of aryl methyl sites for hydroxylation is 3. The number of fused-ring (bicyclic) bond motifs is 1. The molecule has 0 amide bonds. The number of ether oxygens (including phenoxy) is 1. The first-order valence-corrected chi connectivity index (χ1v) is 8.07. The van der Waals surface area contributed by atoms with Gasteiger partial charge in [-0.1, -0.05) is 12.1 Å². The number of methoxy groups -OCH3 is 1. The van der Waals surface area contributed by atoms with Gasteiger partial charge in [-0.05, 0) is 55.0 Å². The van der Waals surface area contributed by atoms with E-state index in [0.717, 1.165) is 11.1 Å². The van der Waals surface area contributed by atoms with Gasteiger partial charge >= 0.3 is 0 Å². The van der Waals surface area contributed by atoms with Crippen LogP contribution in [0.25, 0.3) is 21.2 Å². The molecule has 0 N–H and O–H groups in total. The number of nitrogens with zero attached hydrogens (tertiary/aromatic N) is 1. The molecule has 0 atom stereocenters. The molecule has 0 saturated carbocycles. The topological polar surface area (TPSA) is 52.4 Å². The highest BCUT2D eigenvalue weighted by Crippen LogP contribution is 2.40. The summed E-state index contributed by atoms with van der Waals surface area (Å²) in [4.78, 5) is 12.4. The van der Waals surface area contributed by atoms with Gasteiger partial charge in [-0.15, -0.1) is 11.3 Å². The summed E-state index contributed by atoms with van der Waals surface area (Å²) in [5.74, 6) is 0.488. The Labute approximate surface area is 138 Å². The van der Waals surface area contributed by atoms with E-state index in [4.69, 9.17) is 4.74 Å². The molecule has 0 unspecified atom stereocenters. The maximum absolute atomic E-state index is 11.4. The van der Waals surface area contributed by atoms with Gasteiger partial charge in [0.2, 0.25) is 0 Å². The van der Waals surface area contributed by atoms with Crippen LogP contribution in [0.5, 0.6) is 5.75 Å². The lowest BCUT2D eigenvalue weighted by atomic mass is 9.96. The molecule has 0 fully saturated rings. The third-order valence-electron chi connectivity index (χ3n) is 4.28. The van der Waals surface area contributed by atoms with Crippen molar-refractivity contribution in [1.29, 1.82) is 0 Å². The third-order valence-corrected chi connectivity index (χ3v) is 5.63. The van der Waals surface area contributed by atoms with Gasteiger partial charge in [-0.2, -0.15) is 0 Å². The molecule has 5 heteroatoms. The van der Waals surface area contributed by atoms with Crippen LogP contribution < -0.4 is 4.74 Å². The predicted molar refractivity (Wildman–Crippen MR) is 94.7 cm³/mol. The van der Waals surface area contributed by atoms with Crippen molar-refractivity contribution in [2.24, 2.45) is 0 Å². The Morgan fingerprint density at radius 1 is 1.04 bits per heavy atom. The van der Waals surface area contributed by atoms with Crippen LogP contribution in [0.3, 0.4) is 0 Å². The maximum Gasteiger partial charge on any atom is 0.280 e. The fourth-order valence-electron chi connectivity index (χ4n) is 2.85. The highest BCUT2D eigenvalue weighted by molar-refractivity contribution is 7.19. The van der Waals surface area contributed by atoms with Crippen LogP contribution >= 0.6 is 11.3 Å². The Morgan fingerprint density at radius 2 is 1.74 bits per heavy atom. The minimum absolute atomic E-state index is 0.0665. The molecule has 3 rings (SSSR count). The molecule has 2 aromatic carbocycles. The van der Waals surface area contributed by atoms with Gasteiger partial charge in [0.15, 0.2) is 0 Å². The fraction of sp³-hybridized carbons (Fsp3) is 0.222. The molecular weight excluding hydrogens is 310 g/mol. The van der Waals surface area contributed by atoms with Gasteiger partial charge in [0.05, 0.1) is 23.7 Å². The minimum Gasteiger partial charge on any atom is -0.497 e. The first kappa shape index (κ1) is 15.5. The normalized spacial score (nSPS) is 11.0. The Morgan fingerprint density at radius 3 is 2.39 bits per heavy atom. The van der Waals surface area contributed by atoms with Crippen molar-refractivity contribution in [3.63, 3.8) is 0 Å². The second-order valence-corrected chi connectivity index (χ2v) is 6.76. The molecule has 118 valence electrons. The monoisotopic (exact) mass is 327 g/mol. The van der Waals surface area contributed by atoms with E-state index in [-0.39, 0.29) is 10.6 Å². The van der Waals surface area contributed by atoms with Gasteiger partial charge < -0.3 is 4.74 Å². The lowest BCUT2D eigenvalue weighted by molar-refractivity contribution is -0.384. The summed E-state index contributed by atoms with van der Waals surface area (Å²) in [5.41, 5.74) is 3.95. The van der Waals surface area contributed by atoms with Crippen molar-refractivity contribution in [2.45, 2.75) is 20.8 Å². The van der Waals surface area contributed by atoms with E-state index in [2.05, 4.69) is 19.9 Å². The lowest BCUT2D eigenvalue weighted by Gasteiger charge is -2.09. The van der Waals surface area contributed by atoms with E-state index < -0.39 is 0 Å². The van der Waals surface area contributed by atoms with Crippen LogP contribution in [-0.2, 0) is 0 Å². The van der Waals surface area contributed by atoms with Crippen LogP contribution in [-0.4, -0.2) is 12.0 Å². The molecule has 0 aliphatic carbocycles. The van der Waals surface area contributed by atoms with Crippen molar-refractivity contribution < 1.29 is 9.66 Å². The summed E-state index contributed by atoms with van der Waals surface area (Å²) in [6.07, 6.45) is 0.